The number of methoxy groups -OCH3 is 1. The molecule has 33 heavy (non-hydrogen) atoms. The Labute approximate surface area is 203 Å². The van der Waals surface area contributed by atoms with Gasteiger partial charge in [-0.05, 0) is 56.6 Å². The van der Waals surface area contributed by atoms with E-state index >= 15 is 0 Å². The summed E-state index contributed by atoms with van der Waals surface area (Å²) in [5, 5.41) is 0.644. The number of rotatable bonds is 8. The highest BCUT2D eigenvalue weighted by atomic mass is 35.5. The fraction of sp³-hybridized carbons (Fsp3) is 0.200. The van der Waals surface area contributed by atoms with E-state index in [-0.39, 0.29) is 18.3 Å². The van der Waals surface area contributed by atoms with E-state index in [1.165, 1.54) is 11.3 Å². The van der Waals surface area contributed by atoms with E-state index in [9.17, 15) is 4.79 Å². The maximum Gasteiger partial charge on any atom is 0.260 e. The summed E-state index contributed by atoms with van der Waals surface area (Å²) in [6.45, 7) is 1.22. The van der Waals surface area contributed by atoms with Gasteiger partial charge in [-0.2, -0.15) is 0 Å². The first-order chi connectivity index (χ1) is 15.5. The molecule has 0 fully saturated rings. The molecule has 3 aromatic carbocycles. The Hall–Kier alpha value is -3.13. The van der Waals surface area contributed by atoms with Gasteiger partial charge in [0.05, 0.1) is 11.8 Å². The maximum absolute atomic E-state index is 13.6. The molecule has 0 saturated carbocycles. The first kappa shape index (κ1) is 24.5. The van der Waals surface area contributed by atoms with Gasteiger partial charge in [0.25, 0.3) is 5.91 Å². The molecular formula is C25H26ClN3O3S. The molecular weight excluding hydrogens is 458 g/mol. The van der Waals surface area contributed by atoms with Crippen LogP contribution in [0.5, 0.6) is 17.2 Å². The number of carbonyl (C=O) groups excluding carboxylic acids is 1. The van der Waals surface area contributed by atoms with Crippen LogP contribution in [-0.4, -0.2) is 50.1 Å². The van der Waals surface area contributed by atoms with Crippen molar-refractivity contribution in [3.63, 3.8) is 0 Å². The van der Waals surface area contributed by atoms with Crippen molar-refractivity contribution in [2.24, 2.45) is 0 Å². The van der Waals surface area contributed by atoms with Crippen LogP contribution in [0.1, 0.15) is 10.4 Å². The number of fused-ring (bicyclic) bond motifs is 1. The third-order valence-corrected chi connectivity index (χ3v) is 5.94. The third kappa shape index (κ3) is 5.82. The van der Waals surface area contributed by atoms with E-state index in [1.807, 2.05) is 79.7 Å². The molecule has 0 atom stereocenters. The highest BCUT2D eigenvalue weighted by Gasteiger charge is 2.22. The second-order valence-electron chi connectivity index (χ2n) is 7.51. The van der Waals surface area contributed by atoms with E-state index in [4.69, 9.17) is 14.5 Å². The Bertz CT molecular complexity index is 1210. The molecule has 0 spiro atoms. The average Bonchev–Trinajstić information content (AvgIpc) is 3.24. The summed E-state index contributed by atoms with van der Waals surface area (Å²) in [6, 6.07) is 22.6. The molecule has 4 aromatic rings. The van der Waals surface area contributed by atoms with Crippen molar-refractivity contribution in [2.45, 2.75) is 0 Å². The van der Waals surface area contributed by atoms with Crippen molar-refractivity contribution in [2.75, 3.05) is 39.2 Å². The van der Waals surface area contributed by atoms with Gasteiger partial charge in [0, 0.05) is 18.7 Å². The number of halogens is 1. The van der Waals surface area contributed by atoms with E-state index in [2.05, 4.69) is 0 Å². The van der Waals surface area contributed by atoms with Crippen LogP contribution in [0, 0.1) is 0 Å². The van der Waals surface area contributed by atoms with Crippen LogP contribution >= 0.6 is 23.7 Å². The van der Waals surface area contributed by atoms with E-state index in [1.54, 1.807) is 24.1 Å². The molecule has 0 aliphatic carbocycles. The topological polar surface area (TPSA) is 54.9 Å². The van der Waals surface area contributed by atoms with Gasteiger partial charge in [0.1, 0.15) is 22.8 Å². The summed E-state index contributed by atoms with van der Waals surface area (Å²) in [5.74, 6) is 1.91. The van der Waals surface area contributed by atoms with Crippen LogP contribution < -0.4 is 14.4 Å². The highest BCUT2D eigenvalue weighted by Crippen LogP contribution is 2.35. The number of thiazole rings is 1. The summed E-state index contributed by atoms with van der Waals surface area (Å²) < 4.78 is 12.3. The van der Waals surface area contributed by atoms with Crippen LogP contribution in [0.15, 0.2) is 72.8 Å². The SMILES string of the molecule is COc1cccc2sc(N(CCN(C)C)C(=O)c3cccc(Oc4ccccc4)c3)nc12.Cl. The Morgan fingerprint density at radius 3 is 2.39 bits per heavy atom. The second kappa shape index (κ2) is 11.1. The molecule has 0 bridgehead atoms. The Kier molecular flexibility index (Phi) is 8.27. The molecule has 0 aliphatic heterocycles. The predicted molar refractivity (Wildman–Crippen MR) is 137 cm³/mol. The maximum atomic E-state index is 13.6. The van der Waals surface area contributed by atoms with Crippen molar-refractivity contribution in [1.29, 1.82) is 0 Å². The number of para-hydroxylation sites is 2. The van der Waals surface area contributed by atoms with Gasteiger partial charge in [-0.15, -0.1) is 12.4 Å². The minimum atomic E-state index is -0.122. The molecule has 0 aliphatic rings. The normalized spacial score (nSPS) is 10.7. The van der Waals surface area contributed by atoms with Crippen LogP contribution in [0.2, 0.25) is 0 Å². The number of carbonyl (C=O) groups is 1. The van der Waals surface area contributed by atoms with E-state index in [0.717, 1.165) is 16.0 Å². The largest absolute Gasteiger partial charge is 0.494 e. The summed E-state index contributed by atoms with van der Waals surface area (Å²) in [7, 11) is 5.59. The average molecular weight is 484 g/mol. The number of hydrogen-bond acceptors (Lipinski definition) is 6. The number of aromatic nitrogens is 1. The standard InChI is InChI=1S/C25H25N3O3S.ClH/c1-27(2)15-16-28(25-26-23-21(30-3)13-8-14-22(23)32-25)24(29)18-9-7-12-20(17-18)31-19-10-5-4-6-11-19;/h4-14,17H,15-16H2,1-3H3;1H. The number of likely N-dealkylation sites (N-methyl/N-ethyl adjacent to an activating group) is 1. The summed E-state index contributed by atoms with van der Waals surface area (Å²) in [4.78, 5) is 22.1. The lowest BCUT2D eigenvalue weighted by Gasteiger charge is -2.22. The fourth-order valence-electron chi connectivity index (χ4n) is 3.25. The van der Waals surface area contributed by atoms with Gasteiger partial charge in [-0.25, -0.2) is 4.98 Å². The molecule has 0 N–H and O–H groups in total. The Morgan fingerprint density at radius 2 is 1.67 bits per heavy atom. The number of hydrogen-bond donors (Lipinski definition) is 0. The zero-order valence-electron chi connectivity index (χ0n) is 18.7. The molecule has 0 saturated heterocycles. The number of amides is 1. The van der Waals surface area contributed by atoms with Gasteiger partial charge in [0.15, 0.2) is 5.13 Å². The third-order valence-electron chi connectivity index (χ3n) is 4.90. The zero-order chi connectivity index (χ0) is 22.5. The van der Waals surface area contributed by atoms with Crippen molar-refractivity contribution in [3.8, 4) is 17.2 Å². The van der Waals surface area contributed by atoms with Crippen LogP contribution in [-0.2, 0) is 0 Å². The summed E-state index contributed by atoms with van der Waals surface area (Å²) in [6.07, 6.45) is 0. The zero-order valence-corrected chi connectivity index (χ0v) is 20.4. The smallest absolute Gasteiger partial charge is 0.260 e. The number of nitrogens with zero attached hydrogens (tertiary/aromatic N) is 3. The van der Waals surface area contributed by atoms with Gasteiger partial charge >= 0.3 is 0 Å². The molecule has 0 unspecified atom stereocenters. The van der Waals surface area contributed by atoms with Gasteiger partial charge in [0.2, 0.25) is 0 Å². The highest BCUT2D eigenvalue weighted by molar-refractivity contribution is 7.22. The Balaban J connectivity index is 0.00000306. The molecule has 8 heteroatoms. The lowest BCUT2D eigenvalue weighted by Crippen LogP contribution is -2.36. The monoisotopic (exact) mass is 483 g/mol. The van der Waals surface area contributed by atoms with E-state index < -0.39 is 0 Å². The first-order valence-electron chi connectivity index (χ1n) is 10.3. The minimum absolute atomic E-state index is 0. The molecule has 4 rings (SSSR count). The minimum Gasteiger partial charge on any atom is -0.494 e. The van der Waals surface area contributed by atoms with Crippen molar-refractivity contribution in [1.82, 2.24) is 9.88 Å². The van der Waals surface area contributed by atoms with Crippen LogP contribution in [0.4, 0.5) is 5.13 Å². The summed E-state index contributed by atoms with van der Waals surface area (Å²) in [5.41, 5.74) is 1.31. The van der Waals surface area contributed by atoms with Crippen LogP contribution in [0.3, 0.4) is 0 Å². The molecule has 1 amide bonds. The Morgan fingerprint density at radius 1 is 0.939 bits per heavy atom. The predicted octanol–water partition coefficient (Wildman–Crippen LogP) is 5.73. The lowest BCUT2D eigenvalue weighted by molar-refractivity contribution is 0.0985. The second-order valence-corrected chi connectivity index (χ2v) is 8.52. The van der Waals surface area contributed by atoms with Crippen molar-refractivity contribution in [3.05, 3.63) is 78.4 Å². The molecule has 1 heterocycles. The molecule has 1 aromatic heterocycles. The quantitative estimate of drug-likeness (QED) is 0.320. The van der Waals surface area contributed by atoms with Gasteiger partial charge < -0.3 is 14.4 Å². The number of benzene rings is 3. The van der Waals surface area contributed by atoms with Crippen molar-refractivity contribution < 1.29 is 14.3 Å². The van der Waals surface area contributed by atoms with Gasteiger partial charge in [-0.1, -0.05) is 41.7 Å². The first-order valence-corrected chi connectivity index (χ1v) is 11.1. The number of ether oxygens (including phenoxy) is 2. The van der Waals surface area contributed by atoms with E-state index in [0.29, 0.717) is 35.3 Å². The number of anilines is 1. The molecule has 0 radical (unpaired) electrons. The van der Waals surface area contributed by atoms with Gasteiger partial charge in [-0.3, -0.25) is 9.69 Å². The molecule has 6 nitrogen and oxygen atoms in total. The lowest BCUT2D eigenvalue weighted by atomic mass is 10.2. The molecule has 172 valence electrons. The van der Waals surface area contributed by atoms with Crippen LogP contribution in [0.25, 0.3) is 10.2 Å². The van der Waals surface area contributed by atoms with Crippen molar-refractivity contribution >= 4 is 45.0 Å². The summed E-state index contributed by atoms with van der Waals surface area (Å²) >= 11 is 1.48. The fourth-order valence-corrected chi connectivity index (χ4v) is 4.26.